The topological polar surface area (TPSA) is 20.2 Å². The van der Waals surface area contributed by atoms with Crippen molar-refractivity contribution in [2.75, 3.05) is 0 Å². The summed E-state index contributed by atoms with van der Waals surface area (Å²) in [6.07, 6.45) is 0.533. The van der Waals surface area contributed by atoms with Gasteiger partial charge in [0.25, 0.3) is 0 Å². The first kappa shape index (κ1) is 11.9. The number of benzene rings is 1. The van der Waals surface area contributed by atoms with Gasteiger partial charge in [0.05, 0.1) is 0 Å². The molecule has 1 aromatic carbocycles. The van der Waals surface area contributed by atoms with Crippen LogP contribution in [0.5, 0.6) is 0 Å². The Hall–Kier alpha value is -1.16. The molecule has 0 saturated heterocycles. The van der Waals surface area contributed by atoms with Crippen LogP contribution in [-0.2, 0) is 6.42 Å². The second-order valence-corrected chi connectivity index (χ2v) is 6.36. The SMILES string of the molecule is CCc1ccc(C(O)c2cc3sccc3s2)cc1. The van der Waals surface area contributed by atoms with Gasteiger partial charge in [0, 0.05) is 14.3 Å². The van der Waals surface area contributed by atoms with Crippen LogP contribution in [0, 0.1) is 0 Å². The Morgan fingerprint density at radius 3 is 2.56 bits per heavy atom. The van der Waals surface area contributed by atoms with E-state index in [2.05, 4.69) is 36.6 Å². The minimum absolute atomic E-state index is 0.500. The molecule has 0 aliphatic carbocycles. The Balaban J connectivity index is 1.92. The van der Waals surface area contributed by atoms with Gasteiger partial charge in [-0.3, -0.25) is 0 Å². The second kappa shape index (κ2) is 4.84. The molecule has 0 bridgehead atoms. The van der Waals surface area contributed by atoms with Crippen LogP contribution >= 0.6 is 22.7 Å². The van der Waals surface area contributed by atoms with Crippen LogP contribution in [0.25, 0.3) is 9.40 Å². The fourth-order valence-electron chi connectivity index (χ4n) is 2.02. The highest BCUT2D eigenvalue weighted by atomic mass is 32.1. The van der Waals surface area contributed by atoms with Crippen LogP contribution in [0.2, 0.25) is 0 Å². The molecule has 3 rings (SSSR count). The van der Waals surface area contributed by atoms with Crippen molar-refractivity contribution in [3.05, 3.63) is 57.8 Å². The molecule has 2 heterocycles. The number of rotatable bonds is 3. The van der Waals surface area contributed by atoms with Crippen LogP contribution in [-0.4, -0.2) is 5.11 Å². The van der Waals surface area contributed by atoms with Gasteiger partial charge < -0.3 is 5.11 Å². The van der Waals surface area contributed by atoms with Gasteiger partial charge in [0.15, 0.2) is 0 Å². The van der Waals surface area contributed by atoms with Crippen molar-refractivity contribution in [2.45, 2.75) is 19.4 Å². The van der Waals surface area contributed by atoms with Gasteiger partial charge in [-0.25, -0.2) is 0 Å². The zero-order valence-corrected chi connectivity index (χ0v) is 11.7. The Kier molecular flexibility index (Phi) is 3.20. The van der Waals surface area contributed by atoms with E-state index in [9.17, 15) is 5.11 Å². The first-order valence-electron chi connectivity index (χ1n) is 6.02. The Labute approximate surface area is 114 Å². The van der Waals surface area contributed by atoms with E-state index in [0.29, 0.717) is 0 Å². The van der Waals surface area contributed by atoms with E-state index in [1.54, 1.807) is 22.7 Å². The Bertz CT molecular complexity index is 620. The van der Waals surface area contributed by atoms with Gasteiger partial charge in [-0.15, -0.1) is 22.7 Å². The monoisotopic (exact) mass is 274 g/mol. The molecule has 0 radical (unpaired) electrons. The first-order chi connectivity index (χ1) is 8.78. The van der Waals surface area contributed by atoms with Crippen molar-refractivity contribution in [3.63, 3.8) is 0 Å². The lowest BCUT2D eigenvalue weighted by Gasteiger charge is -2.09. The lowest BCUT2D eigenvalue weighted by Crippen LogP contribution is -1.96. The highest BCUT2D eigenvalue weighted by Crippen LogP contribution is 2.35. The van der Waals surface area contributed by atoms with Crippen molar-refractivity contribution in [2.24, 2.45) is 0 Å². The maximum absolute atomic E-state index is 10.4. The minimum Gasteiger partial charge on any atom is -0.383 e. The Morgan fingerprint density at radius 2 is 1.89 bits per heavy atom. The molecule has 0 saturated carbocycles. The van der Waals surface area contributed by atoms with Crippen LogP contribution in [0.3, 0.4) is 0 Å². The van der Waals surface area contributed by atoms with Gasteiger partial charge in [-0.1, -0.05) is 31.2 Å². The van der Waals surface area contributed by atoms with Gasteiger partial charge in [0.1, 0.15) is 6.10 Å². The summed E-state index contributed by atoms with van der Waals surface area (Å²) in [6, 6.07) is 12.4. The molecule has 92 valence electrons. The zero-order chi connectivity index (χ0) is 12.5. The summed E-state index contributed by atoms with van der Waals surface area (Å²) in [4.78, 5) is 1.03. The molecule has 3 aromatic rings. The summed E-state index contributed by atoms with van der Waals surface area (Å²) >= 11 is 3.40. The molecule has 0 aliphatic rings. The average molecular weight is 274 g/mol. The standard InChI is InChI=1S/C15H14OS2/c1-2-10-3-5-11(6-4-10)15(16)14-9-13-12(18-14)7-8-17-13/h3-9,15-16H,2H2,1H3. The van der Waals surface area contributed by atoms with E-state index in [1.165, 1.54) is 15.0 Å². The van der Waals surface area contributed by atoms with Crippen molar-refractivity contribution in [3.8, 4) is 0 Å². The van der Waals surface area contributed by atoms with Crippen molar-refractivity contribution in [1.82, 2.24) is 0 Å². The van der Waals surface area contributed by atoms with Crippen molar-refractivity contribution in [1.29, 1.82) is 0 Å². The molecular formula is C15H14OS2. The van der Waals surface area contributed by atoms with Gasteiger partial charge in [0.2, 0.25) is 0 Å². The molecule has 1 atom stereocenters. The molecule has 18 heavy (non-hydrogen) atoms. The molecule has 0 aliphatic heterocycles. The fraction of sp³-hybridized carbons (Fsp3) is 0.200. The van der Waals surface area contributed by atoms with Crippen LogP contribution in [0.4, 0.5) is 0 Å². The number of hydrogen-bond donors (Lipinski definition) is 1. The maximum atomic E-state index is 10.4. The number of aliphatic hydroxyl groups excluding tert-OH is 1. The van der Waals surface area contributed by atoms with Crippen LogP contribution in [0.15, 0.2) is 41.8 Å². The number of aryl methyl sites for hydroxylation is 1. The van der Waals surface area contributed by atoms with Gasteiger partial charge in [-0.05, 0) is 35.1 Å². The lowest BCUT2D eigenvalue weighted by molar-refractivity contribution is 0.224. The molecule has 0 fully saturated rings. The fourth-order valence-corrected chi connectivity index (χ4v) is 4.15. The summed E-state index contributed by atoms with van der Waals surface area (Å²) in [5.74, 6) is 0. The third kappa shape index (κ3) is 2.09. The summed E-state index contributed by atoms with van der Waals surface area (Å²) in [5, 5.41) is 12.5. The molecular weight excluding hydrogens is 260 g/mol. The van der Waals surface area contributed by atoms with Gasteiger partial charge in [-0.2, -0.15) is 0 Å². The smallest absolute Gasteiger partial charge is 0.113 e. The Morgan fingerprint density at radius 1 is 1.11 bits per heavy atom. The molecule has 0 amide bonds. The second-order valence-electron chi connectivity index (χ2n) is 4.30. The third-order valence-electron chi connectivity index (χ3n) is 3.13. The number of hydrogen-bond acceptors (Lipinski definition) is 3. The van der Waals surface area contributed by atoms with Crippen molar-refractivity contribution < 1.29 is 5.11 Å². The summed E-state index contributed by atoms with van der Waals surface area (Å²) in [6.45, 7) is 2.14. The molecule has 1 unspecified atom stereocenters. The number of fused-ring (bicyclic) bond motifs is 1. The summed E-state index contributed by atoms with van der Waals surface area (Å²) in [7, 11) is 0. The van der Waals surface area contributed by atoms with E-state index in [-0.39, 0.29) is 0 Å². The number of thiophene rings is 2. The number of aliphatic hydroxyl groups is 1. The van der Waals surface area contributed by atoms with E-state index in [0.717, 1.165) is 16.9 Å². The highest BCUT2D eigenvalue weighted by Gasteiger charge is 2.14. The highest BCUT2D eigenvalue weighted by molar-refractivity contribution is 7.26. The van der Waals surface area contributed by atoms with Crippen molar-refractivity contribution >= 4 is 32.1 Å². The maximum Gasteiger partial charge on any atom is 0.113 e. The largest absolute Gasteiger partial charge is 0.383 e. The summed E-state index contributed by atoms with van der Waals surface area (Å²) in [5.41, 5.74) is 2.28. The molecule has 3 heteroatoms. The summed E-state index contributed by atoms with van der Waals surface area (Å²) < 4.78 is 2.53. The molecule has 2 aromatic heterocycles. The molecule has 1 nitrogen and oxygen atoms in total. The lowest BCUT2D eigenvalue weighted by atomic mass is 10.0. The van der Waals surface area contributed by atoms with E-state index in [1.807, 2.05) is 12.1 Å². The van der Waals surface area contributed by atoms with E-state index >= 15 is 0 Å². The minimum atomic E-state index is -0.500. The molecule has 1 N–H and O–H groups in total. The molecule has 0 spiro atoms. The van der Waals surface area contributed by atoms with E-state index < -0.39 is 6.10 Å². The van der Waals surface area contributed by atoms with Crippen LogP contribution in [0.1, 0.15) is 29.0 Å². The van der Waals surface area contributed by atoms with Gasteiger partial charge >= 0.3 is 0 Å². The normalized spacial score (nSPS) is 13.0. The quantitative estimate of drug-likeness (QED) is 0.739. The van der Waals surface area contributed by atoms with E-state index in [4.69, 9.17) is 0 Å². The van der Waals surface area contributed by atoms with Crippen LogP contribution < -0.4 is 0 Å². The average Bonchev–Trinajstić information content (AvgIpc) is 2.99. The zero-order valence-electron chi connectivity index (χ0n) is 10.1. The predicted octanol–water partition coefficient (Wildman–Crippen LogP) is 4.61. The predicted molar refractivity (Wildman–Crippen MR) is 79.6 cm³/mol. The third-order valence-corrected chi connectivity index (χ3v) is 5.28. The first-order valence-corrected chi connectivity index (χ1v) is 7.71.